The SMILES string of the molecule is Cc1ccccc1-c1noc(CC2CCCCC2N)n1. The Hall–Kier alpha value is -1.68. The van der Waals surface area contributed by atoms with Gasteiger partial charge in [-0.1, -0.05) is 42.3 Å². The number of nitrogens with two attached hydrogens (primary N) is 1. The molecule has 0 spiro atoms. The van der Waals surface area contributed by atoms with E-state index >= 15 is 0 Å². The van der Waals surface area contributed by atoms with Crippen LogP contribution in [0, 0.1) is 12.8 Å². The highest BCUT2D eigenvalue weighted by Gasteiger charge is 2.24. The van der Waals surface area contributed by atoms with Crippen molar-refractivity contribution in [3.8, 4) is 11.4 Å². The van der Waals surface area contributed by atoms with E-state index in [9.17, 15) is 0 Å². The molecule has 106 valence electrons. The van der Waals surface area contributed by atoms with Gasteiger partial charge in [-0.05, 0) is 31.2 Å². The lowest BCUT2D eigenvalue weighted by Gasteiger charge is -2.27. The normalized spacial score (nSPS) is 22.9. The van der Waals surface area contributed by atoms with Crippen LogP contribution in [0.2, 0.25) is 0 Å². The Bertz CT molecular complexity index is 579. The largest absolute Gasteiger partial charge is 0.339 e. The minimum atomic E-state index is 0.276. The lowest BCUT2D eigenvalue weighted by Crippen LogP contribution is -2.34. The molecule has 2 N–H and O–H groups in total. The van der Waals surface area contributed by atoms with Crippen molar-refractivity contribution in [2.24, 2.45) is 11.7 Å². The molecule has 1 aromatic heterocycles. The van der Waals surface area contributed by atoms with E-state index in [-0.39, 0.29) is 6.04 Å². The highest BCUT2D eigenvalue weighted by atomic mass is 16.5. The van der Waals surface area contributed by atoms with Gasteiger partial charge in [-0.25, -0.2) is 0 Å². The van der Waals surface area contributed by atoms with Gasteiger partial charge < -0.3 is 10.3 Å². The molecule has 2 atom stereocenters. The van der Waals surface area contributed by atoms with Gasteiger partial charge in [0.15, 0.2) is 0 Å². The molecule has 20 heavy (non-hydrogen) atoms. The maximum atomic E-state index is 6.18. The molecule has 0 amide bonds. The summed E-state index contributed by atoms with van der Waals surface area (Å²) in [5.41, 5.74) is 8.38. The molecular formula is C16H21N3O. The molecule has 2 unspecified atom stereocenters. The highest BCUT2D eigenvalue weighted by molar-refractivity contribution is 5.58. The lowest BCUT2D eigenvalue weighted by atomic mass is 9.83. The van der Waals surface area contributed by atoms with Crippen LogP contribution in [0.5, 0.6) is 0 Å². The summed E-state index contributed by atoms with van der Waals surface area (Å²) in [6, 6.07) is 8.37. The standard InChI is InChI=1S/C16H21N3O/c1-11-6-2-4-8-13(11)16-18-15(20-19-16)10-12-7-3-5-9-14(12)17/h2,4,6,8,12,14H,3,5,7,9-10,17H2,1H3. The molecule has 4 heteroatoms. The smallest absolute Gasteiger partial charge is 0.227 e. The Morgan fingerprint density at radius 3 is 2.85 bits per heavy atom. The van der Waals surface area contributed by atoms with Crippen LogP contribution in [0.15, 0.2) is 28.8 Å². The first-order valence-corrected chi connectivity index (χ1v) is 7.38. The predicted octanol–water partition coefficient (Wildman–Crippen LogP) is 3.11. The van der Waals surface area contributed by atoms with Crippen LogP contribution in [0.1, 0.15) is 37.1 Å². The molecule has 0 radical (unpaired) electrons. The third kappa shape index (κ3) is 2.75. The number of hydrogen-bond donors (Lipinski definition) is 1. The summed E-state index contributed by atoms with van der Waals surface area (Å²) in [5, 5.41) is 4.11. The Balaban J connectivity index is 1.75. The molecular weight excluding hydrogens is 250 g/mol. The van der Waals surface area contributed by atoms with Crippen molar-refractivity contribution in [2.45, 2.75) is 45.1 Å². The summed E-state index contributed by atoms with van der Waals surface area (Å²) < 4.78 is 5.41. The molecule has 2 aromatic rings. The minimum Gasteiger partial charge on any atom is -0.339 e. The van der Waals surface area contributed by atoms with E-state index in [1.165, 1.54) is 19.3 Å². The van der Waals surface area contributed by atoms with Crippen molar-refractivity contribution in [2.75, 3.05) is 0 Å². The van der Waals surface area contributed by atoms with E-state index in [1.807, 2.05) is 18.2 Å². The highest BCUT2D eigenvalue weighted by Crippen LogP contribution is 2.27. The van der Waals surface area contributed by atoms with Gasteiger partial charge >= 0.3 is 0 Å². The molecule has 0 aliphatic heterocycles. The van der Waals surface area contributed by atoms with Crippen molar-refractivity contribution in [1.82, 2.24) is 10.1 Å². The molecule has 0 bridgehead atoms. The van der Waals surface area contributed by atoms with Crippen LogP contribution >= 0.6 is 0 Å². The van der Waals surface area contributed by atoms with Gasteiger partial charge in [0, 0.05) is 18.0 Å². The number of aryl methyl sites for hydroxylation is 1. The van der Waals surface area contributed by atoms with Crippen LogP contribution < -0.4 is 5.73 Å². The second-order valence-corrected chi connectivity index (χ2v) is 5.74. The zero-order valence-electron chi connectivity index (χ0n) is 11.9. The summed E-state index contributed by atoms with van der Waals surface area (Å²) in [7, 11) is 0. The van der Waals surface area contributed by atoms with Gasteiger partial charge in [0.2, 0.25) is 11.7 Å². The average molecular weight is 271 g/mol. The molecule has 1 fully saturated rings. The zero-order chi connectivity index (χ0) is 13.9. The fraction of sp³-hybridized carbons (Fsp3) is 0.500. The maximum absolute atomic E-state index is 6.18. The monoisotopic (exact) mass is 271 g/mol. The zero-order valence-corrected chi connectivity index (χ0v) is 11.9. The minimum absolute atomic E-state index is 0.276. The number of benzene rings is 1. The van der Waals surface area contributed by atoms with Crippen LogP contribution in [-0.2, 0) is 6.42 Å². The number of nitrogens with zero attached hydrogens (tertiary/aromatic N) is 2. The van der Waals surface area contributed by atoms with Gasteiger partial charge in [-0.2, -0.15) is 4.98 Å². The van der Waals surface area contributed by atoms with Crippen molar-refractivity contribution < 1.29 is 4.52 Å². The molecule has 4 nitrogen and oxygen atoms in total. The van der Waals surface area contributed by atoms with E-state index in [2.05, 4.69) is 23.1 Å². The third-order valence-electron chi connectivity index (χ3n) is 4.26. The van der Waals surface area contributed by atoms with Crippen molar-refractivity contribution in [3.63, 3.8) is 0 Å². The summed E-state index contributed by atoms with van der Waals surface area (Å²) >= 11 is 0. The van der Waals surface area contributed by atoms with Crippen LogP contribution in [0.3, 0.4) is 0 Å². The van der Waals surface area contributed by atoms with E-state index < -0.39 is 0 Å². The fourth-order valence-electron chi connectivity index (χ4n) is 2.99. The number of rotatable bonds is 3. The lowest BCUT2D eigenvalue weighted by molar-refractivity contribution is 0.273. The second kappa shape index (κ2) is 5.75. The summed E-state index contributed by atoms with van der Waals surface area (Å²) in [6.07, 6.45) is 5.60. The number of hydrogen-bond acceptors (Lipinski definition) is 4. The molecule has 1 aromatic carbocycles. The van der Waals surface area contributed by atoms with E-state index in [0.717, 1.165) is 24.0 Å². The van der Waals surface area contributed by atoms with E-state index in [1.54, 1.807) is 0 Å². The topological polar surface area (TPSA) is 64.9 Å². The van der Waals surface area contributed by atoms with Crippen LogP contribution in [-0.4, -0.2) is 16.2 Å². The number of aromatic nitrogens is 2. The van der Waals surface area contributed by atoms with Crippen LogP contribution in [0.4, 0.5) is 0 Å². The molecule has 1 heterocycles. The van der Waals surface area contributed by atoms with Gasteiger partial charge in [-0.3, -0.25) is 0 Å². The Labute approximate surface area is 119 Å². The third-order valence-corrected chi connectivity index (χ3v) is 4.26. The van der Waals surface area contributed by atoms with Crippen molar-refractivity contribution in [3.05, 3.63) is 35.7 Å². The maximum Gasteiger partial charge on any atom is 0.227 e. The molecule has 1 saturated carbocycles. The first-order chi connectivity index (χ1) is 9.74. The Morgan fingerprint density at radius 1 is 1.25 bits per heavy atom. The molecule has 3 rings (SSSR count). The fourth-order valence-corrected chi connectivity index (χ4v) is 2.99. The van der Waals surface area contributed by atoms with Crippen molar-refractivity contribution in [1.29, 1.82) is 0 Å². The molecule has 1 aliphatic carbocycles. The quantitative estimate of drug-likeness (QED) is 0.931. The summed E-state index contributed by atoms with van der Waals surface area (Å²) in [5.74, 6) is 1.88. The van der Waals surface area contributed by atoms with E-state index in [4.69, 9.17) is 10.3 Å². The van der Waals surface area contributed by atoms with Crippen molar-refractivity contribution >= 4 is 0 Å². The summed E-state index contributed by atoms with van der Waals surface area (Å²) in [4.78, 5) is 4.54. The Morgan fingerprint density at radius 2 is 2.05 bits per heavy atom. The second-order valence-electron chi connectivity index (χ2n) is 5.74. The first kappa shape index (κ1) is 13.3. The Kier molecular flexibility index (Phi) is 3.83. The predicted molar refractivity (Wildman–Crippen MR) is 78.1 cm³/mol. The molecule has 0 saturated heterocycles. The van der Waals surface area contributed by atoms with E-state index in [0.29, 0.717) is 17.6 Å². The molecule has 1 aliphatic rings. The van der Waals surface area contributed by atoms with Gasteiger partial charge in [0.1, 0.15) is 0 Å². The van der Waals surface area contributed by atoms with Gasteiger partial charge in [0.05, 0.1) is 0 Å². The van der Waals surface area contributed by atoms with Gasteiger partial charge in [0.25, 0.3) is 0 Å². The average Bonchev–Trinajstić information content (AvgIpc) is 2.90. The summed E-state index contributed by atoms with van der Waals surface area (Å²) in [6.45, 7) is 2.06. The van der Waals surface area contributed by atoms with Crippen LogP contribution in [0.25, 0.3) is 11.4 Å². The first-order valence-electron chi connectivity index (χ1n) is 7.38. The van der Waals surface area contributed by atoms with Gasteiger partial charge in [-0.15, -0.1) is 0 Å².